The zero-order valence-electron chi connectivity index (χ0n) is 14.9. The lowest BCUT2D eigenvalue weighted by atomic mass is 9.96. The van der Waals surface area contributed by atoms with Gasteiger partial charge in [-0.2, -0.15) is 13.2 Å². The lowest BCUT2D eigenvalue weighted by molar-refractivity contribution is -0.144. The fourth-order valence-electron chi connectivity index (χ4n) is 2.89. The Hall–Kier alpha value is -3.32. The SMILES string of the molecule is NC(=O)Cc1ccc(-n2cnc(C(F)(F)F)n2)c(S(N)(=O)=O)c1-c1cccc(F)c1. The molecule has 0 bridgehead atoms. The summed E-state index contributed by atoms with van der Waals surface area (Å²) in [6.45, 7) is 0. The number of nitrogens with two attached hydrogens (primary N) is 2. The third-order valence-electron chi connectivity index (χ3n) is 3.98. The highest BCUT2D eigenvalue weighted by molar-refractivity contribution is 7.89. The first-order valence-corrected chi connectivity index (χ1v) is 9.64. The van der Waals surface area contributed by atoms with Gasteiger partial charge in [-0.1, -0.05) is 18.2 Å². The highest BCUT2D eigenvalue weighted by Gasteiger charge is 2.36. The normalized spacial score (nSPS) is 12.2. The lowest BCUT2D eigenvalue weighted by Crippen LogP contribution is -2.20. The fraction of sp³-hybridized carbons (Fsp3) is 0.118. The molecule has 0 unspecified atom stereocenters. The van der Waals surface area contributed by atoms with Crippen molar-refractivity contribution in [3.63, 3.8) is 0 Å². The number of carbonyl (C=O) groups excluding carboxylic acids is 1. The molecular weight excluding hydrogens is 430 g/mol. The summed E-state index contributed by atoms with van der Waals surface area (Å²) in [5.74, 6) is -3.04. The molecule has 1 aromatic heterocycles. The molecule has 0 radical (unpaired) electrons. The molecule has 2 aromatic carbocycles. The summed E-state index contributed by atoms with van der Waals surface area (Å²) in [6, 6.07) is 7.10. The Morgan fingerprint density at radius 2 is 1.87 bits per heavy atom. The number of aromatic nitrogens is 3. The number of alkyl halides is 3. The van der Waals surface area contributed by atoms with Gasteiger partial charge in [0.1, 0.15) is 17.0 Å². The highest BCUT2D eigenvalue weighted by atomic mass is 32.2. The molecule has 3 aromatic rings. The summed E-state index contributed by atoms with van der Waals surface area (Å²) in [7, 11) is -4.60. The van der Waals surface area contributed by atoms with Gasteiger partial charge in [0.2, 0.25) is 15.9 Å². The molecule has 13 heteroatoms. The first-order chi connectivity index (χ1) is 13.9. The van der Waals surface area contributed by atoms with Gasteiger partial charge >= 0.3 is 6.18 Å². The molecular formula is C17H13F4N5O3S. The second kappa shape index (κ2) is 7.50. The Labute approximate surface area is 167 Å². The van der Waals surface area contributed by atoms with Gasteiger partial charge in [0.05, 0.1) is 12.1 Å². The Bertz CT molecular complexity index is 1240. The molecule has 0 saturated carbocycles. The van der Waals surface area contributed by atoms with Crippen LogP contribution in [0.3, 0.4) is 0 Å². The Balaban J connectivity index is 2.39. The van der Waals surface area contributed by atoms with Gasteiger partial charge in [0, 0.05) is 5.56 Å². The van der Waals surface area contributed by atoms with E-state index in [4.69, 9.17) is 10.9 Å². The van der Waals surface area contributed by atoms with Gasteiger partial charge in [-0.05, 0) is 29.3 Å². The predicted octanol–water partition coefficient (Wildman–Crippen LogP) is 1.77. The van der Waals surface area contributed by atoms with Gasteiger partial charge in [0.15, 0.2) is 0 Å². The number of hydrogen-bond donors (Lipinski definition) is 2. The van der Waals surface area contributed by atoms with Gasteiger partial charge in [-0.3, -0.25) is 4.79 Å². The molecule has 158 valence electrons. The van der Waals surface area contributed by atoms with Gasteiger partial charge in [-0.15, -0.1) is 5.10 Å². The topological polar surface area (TPSA) is 134 Å². The van der Waals surface area contributed by atoms with Crippen molar-refractivity contribution in [3.05, 3.63) is 59.9 Å². The third-order valence-corrected chi connectivity index (χ3v) is 4.96. The second-order valence-electron chi connectivity index (χ2n) is 6.16. The molecule has 1 heterocycles. The number of primary sulfonamides is 1. The van der Waals surface area contributed by atoms with Crippen LogP contribution in [-0.4, -0.2) is 29.1 Å². The minimum absolute atomic E-state index is 0.0216. The number of benzene rings is 2. The van der Waals surface area contributed by atoms with Crippen LogP contribution in [0.4, 0.5) is 17.6 Å². The minimum Gasteiger partial charge on any atom is -0.369 e. The number of nitrogens with zero attached hydrogens (tertiary/aromatic N) is 3. The second-order valence-corrected chi connectivity index (χ2v) is 7.66. The van der Waals surface area contributed by atoms with E-state index in [9.17, 15) is 30.8 Å². The molecule has 0 atom stereocenters. The van der Waals surface area contributed by atoms with Crippen LogP contribution >= 0.6 is 0 Å². The minimum atomic E-state index is -4.87. The maximum Gasteiger partial charge on any atom is 0.453 e. The number of sulfonamides is 1. The number of rotatable bonds is 5. The van der Waals surface area contributed by atoms with Gasteiger partial charge in [0.25, 0.3) is 5.82 Å². The van der Waals surface area contributed by atoms with Gasteiger partial charge in [-0.25, -0.2) is 27.6 Å². The Morgan fingerprint density at radius 3 is 2.40 bits per heavy atom. The molecule has 30 heavy (non-hydrogen) atoms. The Kier molecular flexibility index (Phi) is 5.34. The molecule has 0 spiro atoms. The van der Waals surface area contributed by atoms with E-state index in [0.29, 0.717) is 11.0 Å². The van der Waals surface area contributed by atoms with E-state index < -0.39 is 45.1 Å². The van der Waals surface area contributed by atoms with Crippen molar-refractivity contribution in [3.8, 4) is 16.8 Å². The number of primary amides is 1. The standard InChI is InChI=1S/C17H13F4N5O3S/c18-11-3-1-2-9(6-11)14-10(7-13(22)27)4-5-12(15(14)30(23,28)29)26-8-24-16(25-26)17(19,20)21/h1-6,8H,7H2,(H2,22,27)(H2,23,28,29). The average molecular weight is 443 g/mol. The molecule has 0 aliphatic rings. The van der Waals surface area contributed by atoms with Crippen molar-refractivity contribution in [2.24, 2.45) is 10.9 Å². The fourth-order valence-corrected chi connectivity index (χ4v) is 3.87. The Morgan fingerprint density at radius 1 is 1.17 bits per heavy atom. The van der Waals surface area contributed by atoms with E-state index in [1.54, 1.807) is 0 Å². The van der Waals surface area contributed by atoms with E-state index >= 15 is 0 Å². The van der Waals surface area contributed by atoms with Crippen molar-refractivity contribution in [1.82, 2.24) is 14.8 Å². The highest BCUT2D eigenvalue weighted by Crippen LogP contribution is 2.36. The van der Waals surface area contributed by atoms with E-state index in [1.807, 2.05) is 0 Å². The summed E-state index contributed by atoms with van der Waals surface area (Å²) in [5, 5.41) is 8.61. The summed E-state index contributed by atoms with van der Waals surface area (Å²) >= 11 is 0. The van der Waals surface area contributed by atoms with E-state index in [0.717, 1.165) is 18.2 Å². The van der Waals surface area contributed by atoms with E-state index in [2.05, 4.69) is 10.1 Å². The predicted molar refractivity (Wildman–Crippen MR) is 96.0 cm³/mol. The number of amides is 1. The molecule has 3 rings (SSSR count). The van der Waals surface area contributed by atoms with Crippen molar-refractivity contribution in [2.75, 3.05) is 0 Å². The quantitative estimate of drug-likeness (QED) is 0.580. The summed E-state index contributed by atoms with van der Waals surface area (Å²) in [4.78, 5) is 13.9. The average Bonchev–Trinajstić information content (AvgIpc) is 3.10. The number of carbonyl (C=O) groups is 1. The molecule has 0 aliphatic carbocycles. The smallest absolute Gasteiger partial charge is 0.369 e. The van der Waals surface area contributed by atoms with Crippen LogP contribution < -0.4 is 10.9 Å². The number of halogens is 4. The summed E-state index contributed by atoms with van der Waals surface area (Å²) in [6.07, 6.45) is -4.64. The zero-order valence-corrected chi connectivity index (χ0v) is 15.7. The molecule has 4 N–H and O–H groups in total. The van der Waals surface area contributed by atoms with Crippen molar-refractivity contribution < 1.29 is 30.8 Å². The maximum atomic E-state index is 13.8. The van der Waals surface area contributed by atoms with Crippen molar-refractivity contribution >= 4 is 15.9 Å². The van der Waals surface area contributed by atoms with Crippen LogP contribution in [-0.2, 0) is 27.4 Å². The van der Waals surface area contributed by atoms with Crippen LogP contribution in [0.1, 0.15) is 11.4 Å². The molecule has 8 nitrogen and oxygen atoms in total. The molecule has 0 fully saturated rings. The van der Waals surface area contributed by atoms with E-state index in [-0.39, 0.29) is 22.4 Å². The van der Waals surface area contributed by atoms with Crippen LogP contribution in [0.5, 0.6) is 0 Å². The molecule has 0 aliphatic heterocycles. The summed E-state index contributed by atoms with van der Waals surface area (Å²) < 4.78 is 77.9. The first kappa shape index (κ1) is 21.4. The number of hydrogen-bond acceptors (Lipinski definition) is 5. The van der Waals surface area contributed by atoms with E-state index in [1.165, 1.54) is 18.2 Å². The third kappa shape index (κ3) is 4.31. The van der Waals surface area contributed by atoms with Crippen LogP contribution in [0.25, 0.3) is 16.8 Å². The zero-order chi connectivity index (χ0) is 22.3. The van der Waals surface area contributed by atoms with Crippen LogP contribution in [0, 0.1) is 5.82 Å². The van der Waals surface area contributed by atoms with Crippen LogP contribution in [0.2, 0.25) is 0 Å². The summed E-state index contributed by atoms with van der Waals surface area (Å²) in [5.41, 5.74) is 4.77. The van der Waals surface area contributed by atoms with Crippen molar-refractivity contribution in [2.45, 2.75) is 17.5 Å². The van der Waals surface area contributed by atoms with Gasteiger partial charge < -0.3 is 5.73 Å². The van der Waals surface area contributed by atoms with Crippen molar-refractivity contribution in [1.29, 1.82) is 0 Å². The molecule has 0 saturated heterocycles. The monoisotopic (exact) mass is 443 g/mol. The largest absolute Gasteiger partial charge is 0.453 e. The molecule has 1 amide bonds. The lowest BCUT2D eigenvalue weighted by Gasteiger charge is -2.17. The first-order valence-electron chi connectivity index (χ1n) is 8.10. The van der Waals surface area contributed by atoms with Crippen LogP contribution in [0.15, 0.2) is 47.6 Å². The maximum absolute atomic E-state index is 13.8.